The Bertz CT molecular complexity index is 229. The molecule has 0 aliphatic heterocycles. The van der Waals surface area contributed by atoms with Gasteiger partial charge in [-0.1, -0.05) is 17.8 Å². The normalized spacial score (nSPS) is 18.8. The summed E-state index contributed by atoms with van der Waals surface area (Å²) in [5.41, 5.74) is 5.44. The van der Waals surface area contributed by atoms with Gasteiger partial charge in [0.25, 0.3) is 0 Å². The topological polar surface area (TPSA) is 51.8 Å². The van der Waals surface area contributed by atoms with Gasteiger partial charge in [0.1, 0.15) is 5.01 Å². The molecule has 0 radical (unpaired) electrons. The average Bonchev–Trinajstić information content (AvgIpc) is 2.10. The molecule has 1 aromatic rings. The van der Waals surface area contributed by atoms with Crippen LogP contribution in [0.3, 0.4) is 0 Å². The zero-order chi connectivity index (χ0) is 6.97. The SMILES string of the molecule is Nc1nnc(C2CCC2)s1. The van der Waals surface area contributed by atoms with E-state index < -0.39 is 0 Å². The lowest BCUT2D eigenvalue weighted by Gasteiger charge is -2.21. The van der Waals surface area contributed by atoms with E-state index in [-0.39, 0.29) is 0 Å². The Hall–Kier alpha value is -0.640. The standard InChI is InChI=1S/C6H9N3S/c7-6-9-8-5(10-6)4-2-1-3-4/h4H,1-3H2,(H2,7,9). The van der Waals surface area contributed by atoms with Crippen molar-refractivity contribution < 1.29 is 0 Å². The van der Waals surface area contributed by atoms with Crippen LogP contribution in [0.4, 0.5) is 5.13 Å². The Morgan fingerprint density at radius 2 is 2.20 bits per heavy atom. The Kier molecular flexibility index (Phi) is 1.34. The van der Waals surface area contributed by atoms with Crippen LogP contribution in [-0.4, -0.2) is 10.2 Å². The highest BCUT2D eigenvalue weighted by Gasteiger charge is 2.22. The van der Waals surface area contributed by atoms with Crippen LogP contribution >= 0.6 is 11.3 Å². The van der Waals surface area contributed by atoms with Crippen LogP contribution in [-0.2, 0) is 0 Å². The Morgan fingerprint density at radius 1 is 1.40 bits per heavy atom. The van der Waals surface area contributed by atoms with E-state index in [0.29, 0.717) is 11.0 Å². The minimum atomic E-state index is 0.599. The summed E-state index contributed by atoms with van der Waals surface area (Å²) in [6, 6.07) is 0. The zero-order valence-electron chi connectivity index (χ0n) is 5.58. The van der Waals surface area contributed by atoms with E-state index in [0.717, 1.165) is 5.01 Å². The van der Waals surface area contributed by atoms with E-state index in [1.807, 2.05) is 0 Å². The summed E-state index contributed by atoms with van der Waals surface area (Å²) in [5.74, 6) is 0.676. The predicted molar refractivity (Wildman–Crippen MR) is 40.9 cm³/mol. The van der Waals surface area contributed by atoms with Crippen molar-refractivity contribution >= 4 is 16.5 Å². The Labute approximate surface area is 63.3 Å². The van der Waals surface area contributed by atoms with Gasteiger partial charge in [0.05, 0.1) is 0 Å². The summed E-state index contributed by atoms with van der Waals surface area (Å²) in [5, 5.41) is 9.47. The molecule has 4 heteroatoms. The van der Waals surface area contributed by atoms with Gasteiger partial charge < -0.3 is 5.73 Å². The van der Waals surface area contributed by atoms with E-state index >= 15 is 0 Å². The van der Waals surface area contributed by atoms with Crippen molar-refractivity contribution in [3.63, 3.8) is 0 Å². The molecule has 2 rings (SSSR count). The minimum absolute atomic E-state index is 0.599. The molecule has 1 aliphatic carbocycles. The number of rotatable bonds is 1. The van der Waals surface area contributed by atoms with Crippen molar-refractivity contribution in [2.24, 2.45) is 0 Å². The maximum Gasteiger partial charge on any atom is 0.203 e. The molecule has 3 nitrogen and oxygen atoms in total. The molecule has 0 unspecified atom stereocenters. The smallest absolute Gasteiger partial charge is 0.203 e. The lowest BCUT2D eigenvalue weighted by Crippen LogP contribution is -2.07. The van der Waals surface area contributed by atoms with Gasteiger partial charge in [-0.2, -0.15) is 0 Å². The van der Waals surface area contributed by atoms with Crippen LogP contribution < -0.4 is 5.73 Å². The first-order valence-electron chi connectivity index (χ1n) is 3.45. The molecule has 1 saturated carbocycles. The predicted octanol–water partition coefficient (Wildman–Crippen LogP) is 1.39. The molecule has 0 atom stereocenters. The van der Waals surface area contributed by atoms with E-state index in [2.05, 4.69) is 10.2 Å². The number of hydrogen-bond acceptors (Lipinski definition) is 4. The summed E-state index contributed by atoms with van der Waals surface area (Å²) in [6.07, 6.45) is 3.88. The van der Waals surface area contributed by atoms with Crippen LogP contribution in [0.1, 0.15) is 30.2 Å². The molecule has 0 saturated heterocycles. The van der Waals surface area contributed by atoms with Gasteiger partial charge >= 0.3 is 0 Å². The third kappa shape index (κ3) is 0.883. The monoisotopic (exact) mass is 155 g/mol. The largest absolute Gasteiger partial charge is 0.374 e. The lowest BCUT2D eigenvalue weighted by molar-refractivity contribution is 0.416. The first kappa shape index (κ1) is 6.09. The number of anilines is 1. The molecule has 1 aromatic heterocycles. The number of nitrogens with two attached hydrogens (primary N) is 1. The molecule has 10 heavy (non-hydrogen) atoms. The van der Waals surface area contributed by atoms with E-state index in [1.54, 1.807) is 0 Å². The zero-order valence-corrected chi connectivity index (χ0v) is 6.40. The Morgan fingerprint density at radius 3 is 2.60 bits per heavy atom. The summed E-state index contributed by atoms with van der Waals surface area (Å²) >= 11 is 1.53. The van der Waals surface area contributed by atoms with Crippen molar-refractivity contribution in [1.29, 1.82) is 0 Å². The van der Waals surface area contributed by atoms with Crippen LogP contribution in [0.15, 0.2) is 0 Å². The fraction of sp³-hybridized carbons (Fsp3) is 0.667. The first-order valence-corrected chi connectivity index (χ1v) is 4.27. The number of hydrogen-bond donors (Lipinski definition) is 1. The van der Waals surface area contributed by atoms with Gasteiger partial charge in [-0.05, 0) is 12.8 Å². The molecule has 2 N–H and O–H groups in total. The molecule has 54 valence electrons. The van der Waals surface area contributed by atoms with Crippen LogP contribution in [0.2, 0.25) is 0 Å². The minimum Gasteiger partial charge on any atom is -0.374 e. The quantitative estimate of drug-likeness (QED) is 0.666. The van der Waals surface area contributed by atoms with Crippen molar-refractivity contribution in [3.8, 4) is 0 Å². The highest BCUT2D eigenvalue weighted by Crippen LogP contribution is 2.37. The van der Waals surface area contributed by atoms with Crippen LogP contribution in [0.25, 0.3) is 0 Å². The van der Waals surface area contributed by atoms with Crippen molar-refractivity contribution in [2.45, 2.75) is 25.2 Å². The van der Waals surface area contributed by atoms with E-state index in [4.69, 9.17) is 5.73 Å². The first-order chi connectivity index (χ1) is 4.86. The molecule has 1 fully saturated rings. The fourth-order valence-electron chi connectivity index (χ4n) is 1.07. The summed E-state index contributed by atoms with van der Waals surface area (Å²) < 4.78 is 0. The molecule has 0 bridgehead atoms. The second-order valence-electron chi connectivity index (χ2n) is 2.61. The summed E-state index contributed by atoms with van der Waals surface area (Å²) in [7, 11) is 0. The van der Waals surface area contributed by atoms with Gasteiger partial charge in [-0.25, -0.2) is 0 Å². The molecule has 0 amide bonds. The highest BCUT2D eigenvalue weighted by atomic mass is 32.1. The maximum absolute atomic E-state index is 5.44. The molecule has 1 heterocycles. The molecule has 0 aromatic carbocycles. The number of aromatic nitrogens is 2. The molecule has 1 aliphatic rings. The second-order valence-corrected chi connectivity index (χ2v) is 3.65. The molecular weight excluding hydrogens is 146 g/mol. The Balaban J connectivity index is 2.17. The van der Waals surface area contributed by atoms with Gasteiger partial charge in [0, 0.05) is 5.92 Å². The number of nitrogen functional groups attached to an aromatic ring is 1. The van der Waals surface area contributed by atoms with E-state index in [1.165, 1.54) is 30.6 Å². The van der Waals surface area contributed by atoms with Crippen molar-refractivity contribution in [2.75, 3.05) is 5.73 Å². The number of nitrogens with zero attached hydrogens (tertiary/aromatic N) is 2. The van der Waals surface area contributed by atoms with Gasteiger partial charge in [-0.15, -0.1) is 10.2 Å². The van der Waals surface area contributed by atoms with E-state index in [9.17, 15) is 0 Å². The summed E-state index contributed by atoms with van der Waals surface area (Å²) in [6.45, 7) is 0. The third-order valence-corrected chi connectivity index (χ3v) is 2.83. The van der Waals surface area contributed by atoms with Gasteiger partial charge in [-0.3, -0.25) is 0 Å². The van der Waals surface area contributed by atoms with Crippen molar-refractivity contribution in [3.05, 3.63) is 5.01 Å². The molecular formula is C6H9N3S. The van der Waals surface area contributed by atoms with Gasteiger partial charge in [0.2, 0.25) is 5.13 Å². The fourth-order valence-corrected chi connectivity index (χ4v) is 1.85. The highest BCUT2D eigenvalue weighted by molar-refractivity contribution is 7.15. The van der Waals surface area contributed by atoms with Gasteiger partial charge in [0.15, 0.2) is 0 Å². The summed E-state index contributed by atoms with van der Waals surface area (Å²) in [4.78, 5) is 0. The van der Waals surface area contributed by atoms with Crippen molar-refractivity contribution in [1.82, 2.24) is 10.2 Å². The van der Waals surface area contributed by atoms with Crippen LogP contribution in [0, 0.1) is 0 Å². The third-order valence-electron chi connectivity index (χ3n) is 1.91. The average molecular weight is 155 g/mol. The molecule has 0 spiro atoms. The second kappa shape index (κ2) is 2.20. The lowest BCUT2D eigenvalue weighted by atomic mass is 9.86. The van der Waals surface area contributed by atoms with Crippen LogP contribution in [0.5, 0.6) is 0 Å². The maximum atomic E-state index is 5.44.